The number of carbonyl (C=O) groups is 3. The van der Waals surface area contributed by atoms with Crippen molar-refractivity contribution in [3.8, 4) is 5.75 Å². The number of ketones is 1. The van der Waals surface area contributed by atoms with Gasteiger partial charge in [0.15, 0.2) is 5.78 Å². The first-order valence-corrected chi connectivity index (χ1v) is 14.3. The summed E-state index contributed by atoms with van der Waals surface area (Å²) >= 11 is 0. The van der Waals surface area contributed by atoms with Crippen molar-refractivity contribution in [1.82, 2.24) is 19.5 Å². The predicted octanol–water partition coefficient (Wildman–Crippen LogP) is 2.51. The van der Waals surface area contributed by atoms with Gasteiger partial charge >= 0.3 is 6.36 Å². The molecule has 0 radical (unpaired) electrons. The van der Waals surface area contributed by atoms with Gasteiger partial charge in [-0.2, -0.15) is 4.31 Å². The maximum absolute atomic E-state index is 13.6. The second kappa shape index (κ2) is 11.5. The van der Waals surface area contributed by atoms with Crippen LogP contribution in [0.4, 0.5) is 13.2 Å². The van der Waals surface area contributed by atoms with Gasteiger partial charge in [0.25, 0.3) is 5.91 Å². The van der Waals surface area contributed by atoms with Crippen molar-refractivity contribution in [2.24, 2.45) is 5.92 Å². The van der Waals surface area contributed by atoms with Crippen molar-refractivity contribution in [2.45, 2.75) is 56.9 Å². The molecule has 2 fully saturated rings. The molecule has 1 aromatic heterocycles. The van der Waals surface area contributed by atoms with Crippen LogP contribution in [0.2, 0.25) is 0 Å². The zero-order valence-corrected chi connectivity index (χ0v) is 22.6. The standard InChI is InChI=1S/C26H29F3N4O6S/c1-16(2)13-20(31-24(35)17-6-8-19(9-7-17)39-26(27,28)29)25(36)32-12-10-21-23(32)22(34)14-33(21)40(37,38)15-18-5-3-4-11-30-18/h3-9,11,16,20-21,23H,10,12-15H2,1-2H3,(H,31,35). The molecule has 3 atom stereocenters. The number of hydrogen-bond acceptors (Lipinski definition) is 7. The number of pyridine rings is 1. The average molecular weight is 583 g/mol. The molecule has 0 saturated carbocycles. The van der Waals surface area contributed by atoms with Gasteiger partial charge in [0.2, 0.25) is 15.9 Å². The van der Waals surface area contributed by atoms with Crippen molar-refractivity contribution in [3.05, 3.63) is 59.9 Å². The molecule has 2 aliphatic rings. The predicted molar refractivity (Wildman–Crippen MR) is 136 cm³/mol. The van der Waals surface area contributed by atoms with Gasteiger partial charge in [-0.05, 0) is 55.2 Å². The maximum Gasteiger partial charge on any atom is 0.573 e. The number of nitrogens with one attached hydrogen (secondary N) is 1. The number of benzene rings is 1. The first kappa shape index (κ1) is 29.5. The monoisotopic (exact) mass is 582 g/mol. The lowest BCUT2D eigenvalue weighted by atomic mass is 10.0. The number of carbonyl (C=O) groups excluding carboxylic acids is 3. The molecule has 1 aromatic carbocycles. The number of rotatable bonds is 9. The molecule has 40 heavy (non-hydrogen) atoms. The van der Waals surface area contributed by atoms with Crippen molar-refractivity contribution >= 4 is 27.6 Å². The Hall–Kier alpha value is -3.52. The van der Waals surface area contributed by atoms with Crippen molar-refractivity contribution in [1.29, 1.82) is 0 Å². The summed E-state index contributed by atoms with van der Waals surface area (Å²) < 4.78 is 68.6. The summed E-state index contributed by atoms with van der Waals surface area (Å²) in [7, 11) is -3.90. The Kier molecular flexibility index (Phi) is 8.49. The highest BCUT2D eigenvalue weighted by atomic mass is 32.2. The largest absolute Gasteiger partial charge is 0.573 e. The second-order valence-electron chi connectivity index (χ2n) is 10.1. The van der Waals surface area contributed by atoms with Gasteiger partial charge in [0, 0.05) is 18.3 Å². The maximum atomic E-state index is 13.6. The summed E-state index contributed by atoms with van der Waals surface area (Å²) in [6.07, 6.45) is -2.92. The first-order chi connectivity index (χ1) is 18.7. The molecule has 2 amide bonds. The molecule has 1 N–H and O–H groups in total. The van der Waals surface area contributed by atoms with Crippen LogP contribution in [-0.4, -0.2) is 77.8 Å². The summed E-state index contributed by atoms with van der Waals surface area (Å²) in [6.45, 7) is 3.45. The number of Topliss-reactive ketones (excluding diaryl/α,β-unsaturated/α-hetero) is 1. The minimum atomic E-state index is -4.88. The van der Waals surface area contributed by atoms with Crippen molar-refractivity contribution < 1.29 is 40.7 Å². The van der Waals surface area contributed by atoms with Crippen LogP contribution in [0.1, 0.15) is 42.7 Å². The van der Waals surface area contributed by atoms with Gasteiger partial charge in [-0.25, -0.2) is 8.42 Å². The Morgan fingerprint density at radius 2 is 1.85 bits per heavy atom. The fourth-order valence-corrected chi connectivity index (χ4v) is 6.75. The summed E-state index contributed by atoms with van der Waals surface area (Å²) in [5.74, 6) is -2.53. The van der Waals surface area contributed by atoms with Crippen LogP contribution in [-0.2, 0) is 25.4 Å². The molecule has 4 rings (SSSR count). The van der Waals surface area contributed by atoms with Gasteiger partial charge in [-0.15, -0.1) is 13.2 Å². The highest BCUT2D eigenvalue weighted by Gasteiger charge is 2.54. The van der Waals surface area contributed by atoms with Crippen molar-refractivity contribution in [2.75, 3.05) is 13.1 Å². The van der Waals surface area contributed by atoms with E-state index in [1.165, 1.54) is 11.1 Å². The lowest BCUT2D eigenvalue weighted by molar-refractivity contribution is -0.274. The number of aromatic nitrogens is 1. The highest BCUT2D eigenvalue weighted by Crippen LogP contribution is 2.33. The summed E-state index contributed by atoms with van der Waals surface area (Å²) in [5, 5.41) is 2.63. The Bertz CT molecular complexity index is 1350. The van der Waals surface area contributed by atoms with Crippen LogP contribution in [0.15, 0.2) is 48.7 Å². The summed E-state index contributed by atoms with van der Waals surface area (Å²) in [4.78, 5) is 44.9. The number of ether oxygens (including phenoxy) is 1. The minimum absolute atomic E-state index is 0.0131. The average Bonchev–Trinajstić information content (AvgIpc) is 3.44. The Balaban J connectivity index is 1.48. The molecule has 2 saturated heterocycles. The number of sulfonamides is 1. The van der Waals surface area contributed by atoms with E-state index < -0.39 is 57.9 Å². The highest BCUT2D eigenvalue weighted by molar-refractivity contribution is 7.88. The van der Waals surface area contributed by atoms with Crippen LogP contribution in [0.25, 0.3) is 0 Å². The van der Waals surface area contributed by atoms with Crippen LogP contribution >= 0.6 is 0 Å². The molecule has 14 heteroatoms. The Labute approximate surface area is 229 Å². The lowest BCUT2D eigenvalue weighted by Crippen LogP contribution is -2.53. The summed E-state index contributed by atoms with van der Waals surface area (Å²) in [5.41, 5.74) is 0.348. The Morgan fingerprint density at radius 3 is 2.45 bits per heavy atom. The number of halogens is 3. The third-order valence-electron chi connectivity index (χ3n) is 6.73. The number of hydrogen-bond donors (Lipinski definition) is 1. The van der Waals surface area contributed by atoms with Crippen LogP contribution in [0.3, 0.4) is 0 Å². The smallest absolute Gasteiger partial charge is 0.406 e. The van der Waals surface area contributed by atoms with Gasteiger partial charge in [-0.3, -0.25) is 19.4 Å². The third-order valence-corrected chi connectivity index (χ3v) is 8.51. The van der Waals surface area contributed by atoms with Gasteiger partial charge in [-0.1, -0.05) is 19.9 Å². The number of likely N-dealkylation sites (tertiary alicyclic amines) is 1. The van der Waals surface area contributed by atoms with Gasteiger partial charge in [0.05, 0.1) is 18.3 Å². The van der Waals surface area contributed by atoms with E-state index in [4.69, 9.17) is 0 Å². The van der Waals surface area contributed by atoms with Gasteiger partial charge in [0.1, 0.15) is 23.6 Å². The SMILES string of the molecule is CC(C)CC(NC(=O)c1ccc(OC(F)(F)F)cc1)C(=O)N1CCC2C1C(=O)CN2S(=O)(=O)Cc1ccccn1. The van der Waals surface area contributed by atoms with E-state index in [-0.39, 0.29) is 43.2 Å². The molecular weight excluding hydrogens is 553 g/mol. The van der Waals surface area contributed by atoms with E-state index in [0.717, 1.165) is 28.6 Å². The van der Waals surface area contributed by atoms with Crippen LogP contribution in [0, 0.1) is 5.92 Å². The first-order valence-electron chi connectivity index (χ1n) is 12.6. The zero-order valence-electron chi connectivity index (χ0n) is 21.8. The minimum Gasteiger partial charge on any atom is -0.406 e. The molecule has 216 valence electrons. The van der Waals surface area contributed by atoms with E-state index in [9.17, 15) is 36.0 Å². The van der Waals surface area contributed by atoms with E-state index in [1.54, 1.807) is 18.2 Å². The fourth-order valence-electron chi connectivity index (χ4n) is 5.08. The second-order valence-corrected chi connectivity index (χ2v) is 12.1. The van der Waals surface area contributed by atoms with E-state index in [0.29, 0.717) is 5.69 Å². The lowest BCUT2D eigenvalue weighted by Gasteiger charge is -2.29. The molecule has 3 unspecified atom stereocenters. The van der Waals surface area contributed by atoms with Crippen LogP contribution in [0.5, 0.6) is 5.75 Å². The summed E-state index contributed by atoms with van der Waals surface area (Å²) in [6, 6.07) is 6.44. The molecule has 0 spiro atoms. The topological polar surface area (TPSA) is 126 Å². The Morgan fingerprint density at radius 1 is 1.15 bits per heavy atom. The molecule has 2 aliphatic heterocycles. The number of alkyl halides is 3. The number of nitrogens with zero attached hydrogens (tertiary/aromatic N) is 3. The molecule has 10 nitrogen and oxygen atoms in total. The molecule has 2 aromatic rings. The van der Waals surface area contributed by atoms with E-state index in [2.05, 4.69) is 15.0 Å². The molecular formula is C26H29F3N4O6S. The van der Waals surface area contributed by atoms with Gasteiger partial charge < -0.3 is 15.0 Å². The van der Waals surface area contributed by atoms with E-state index >= 15 is 0 Å². The van der Waals surface area contributed by atoms with E-state index in [1.807, 2.05) is 13.8 Å². The van der Waals surface area contributed by atoms with Crippen molar-refractivity contribution in [3.63, 3.8) is 0 Å². The number of fused-ring (bicyclic) bond motifs is 1. The molecule has 0 aliphatic carbocycles. The molecule has 3 heterocycles. The third kappa shape index (κ3) is 6.78. The zero-order chi connectivity index (χ0) is 29.2. The fraction of sp³-hybridized carbons (Fsp3) is 0.462. The van der Waals surface area contributed by atoms with Crippen LogP contribution < -0.4 is 10.1 Å². The quantitative estimate of drug-likeness (QED) is 0.482. The number of amides is 2. The normalized spacial score (nSPS) is 20.4. The molecule has 0 bridgehead atoms.